The van der Waals surface area contributed by atoms with Gasteiger partial charge in [-0.3, -0.25) is 14.9 Å². The second-order valence-corrected chi connectivity index (χ2v) is 6.92. The number of amides is 2. The van der Waals surface area contributed by atoms with Crippen LogP contribution in [0.2, 0.25) is 0 Å². The molecule has 1 aromatic heterocycles. The van der Waals surface area contributed by atoms with Crippen molar-refractivity contribution in [1.29, 1.82) is 0 Å². The van der Waals surface area contributed by atoms with Gasteiger partial charge in [-0.15, -0.1) is 5.10 Å². The van der Waals surface area contributed by atoms with Crippen LogP contribution in [0, 0.1) is 5.92 Å². The third-order valence-corrected chi connectivity index (χ3v) is 4.21. The van der Waals surface area contributed by atoms with Crippen molar-refractivity contribution < 1.29 is 18.7 Å². The molecular formula is C19H24N4O4. The molecule has 0 bridgehead atoms. The zero-order chi connectivity index (χ0) is 19.4. The van der Waals surface area contributed by atoms with E-state index in [4.69, 9.17) is 9.15 Å². The van der Waals surface area contributed by atoms with Crippen LogP contribution in [0.1, 0.15) is 45.4 Å². The van der Waals surface area contributed by atoms with Gasteiger partial charge in [0, 0.05) is 25.1 Å². The summed E-state index contributed by atoms with van der Waals surface area (Å²) in [4.78, 5) is 25.9. The van der Waals surface area contributed by atoms with E-state index in [9.17, 15) is 9.59 Å². The molecule has 2 amide bonds. The molecular weight excluding hydrogens is 348 g/mol. The average Bonchev–Trinajstić information content (AvgIpc) is 3.22. The lowest BCUT2D eigenvalue weighted by atomic mass is 10.1. The second kappa shape index (κ2) is 8.20. The molecule has 0 unspecified atom stereocenters. The van der Waals surface area contributed by atoms with Crippen molar-refractivity contribution in [2.75, 3.05) is 23.4 Å². The second-order valence-electron chi connectivity index (χ2n) is 6.92. The van der Waals surface area contributed by atoms with Gasteiger partial charge in [-0.2, -0.15) is 0 Å². The fraction of sp³-hybridized carbons (Fsp3) is 0.474. The van der Waals surface area contributed by atoms with E-state index in [0.29, 0.717) is 25.5 Å². The number of hydrogen-bond acceptors (Lipinski definition) is 6. The molecule has 2 heterocycles. The first-order chi connectivity index (χ1) is 13.0. The minimum atomic E-state index is -0.202. The zero-order valence-electron chi connectivity index (χ0n) is 15.8. The van der Waals surface area contributed by atoms with Gasteiger partial charge in [0.05, 0.1) is 12.5 Å². The molecule has 1 N–H and O–H groups in total. The van der Waals surface area contributed by atoms with Crippen molar-refractivity contribution in [2.24, 2.45) is 5.92 Å². The molecule has 3 rings (SSSR count). The van der Waals surface area contributed by atoms with Crippen LogP contribution in [0.25, 0.3) is 0 Å². The molecule has 1 aliphatic rings. The molecule has 144 valence electrons. The number of hydrogen-bond donors (Lipinski definition) is 1. The highest BCUT2D eigenvalue weighted by Gasteiger charge is 2.35. The van der Waals surface area contributed by atoms with E-state index in [-0.39, 0.29) is 36.1 Å². The van der Waals surface area contributed by atoms with Crippen LogP contribution in [0.3, 0.4) is 0 Å². The first-order valence-electron chi connectivity index (χ1n) is 9.12. The minimum Gasteiger partial charge on any atom is -0.494 e. The van der Waals surface area contributed by atoms with Crippen LogP contribution >= 0.6 is 0 Å². The monoisotopic (exact) mass is 372 g/mol. The van der Waals surface area contributed by atoms with Gasteiger partial charge in [0.15, 0.2) is 0 Å². The molecule has 0 aliphatic carbocycles. The van der Waals surface area contributed by atoms with E-state index in [0.717, 1.165) is 11.4 Å². The van der Waals surface area contributed by atoms with Gasteiger partial charge in [-0.1, -0.05) is 18.9 Å². The Hall–Kier alpha value is -2.90. The van der Waals surface area contributed by atoms with E-state index in [1.165, 1.54) is 0 Å². The quantitative estimate of drug-likeness (QED) is 0.802. The average molecular weight is 372 g/mol. The molecule has 2 aromatic rings. The third-order valence-electron chi connectivity index (χ3n) is 4.21. The summed E-state index contributed by atoms with van der Waals surface area (Å²) in [5.74, 6) is 0.987. The molecule has 1 aromatic carbocycles. The Balaban J connectivity index is 1.64. The fourth-order valence-electron chi connectivity index (χ4n) is 3.00. The number of carbonyl (C=O) groups excluding carboxylic acids is 2. The lowest BCUT2D eigenvalue weighted by Crippen LogP contribution is -2.24. The van der Waals surface area contributed by atoms with Crippen molar-refractivity contribution in [3.8, 4) is 5.75 Å². The first kappa shape index (κ1) is 18.9. The SMILES string of the molecule is CCOc1ccc(N2C[C@@H](c3nnc(NC(=O)CC(C)C)o3)CC2=O)cc1. The summed E-state index contributed by atoms with van der Waals surface area (Å²) in [6.07, 6.45) is 0.667. The molecule has 0 spiro atoms. The Morgan fingerprint density at radius 3 is 2.74 bits per heavy atom. The third kappa shape index (κ3) is 4.64. The molecule has 8 nitrogen and oxygen atoms in total. The normalized spacial score (nSPS) is 16.8. The molecule has 1 fully saturated rings. The molecule has 8 heteroatoms. The maximum absolute atomic E-state index is 12.4. The summed E-state index contributed by atoms with van der Waals surface area (Å²) in [6.45, 7) is 6.88. The van der Waals surface area contributed by atoms with Crippen molar-refractivity contribution in [2.45, 2.75) is 39.5 Å². The van der Waals surface area contributed by atoms with Crippen molar-refractivity contribution in [3.05, 3.63) is 30.2 Å². The summed E-state index contributed by atoms with van der Waals surface area (Å²) in [5, 5.41) is 10.5. The number of rotatable bonds is 7. The van der Waals surface area contributed by atoms with E-state index in [1.54, 1.807) is 4.90 Å². The van der Waals surface area contributed by atoms with Gasteiger partial charge in [-0.25, -0.2) is 0 Å². The maximum Gasteiger partial charge on any atom is 0.322 e. The zero-order valence-corrected chi connectivity index (χ0v) is 15.8. The Labute approximate surface area is 157 Å². The first-order valence-corrected chi connectivity index (χ1v) is 9.12. The van der Waals surface area contributed by atoms with Gasteiger partial charge >= 0.3 is 6.01 Å². The van der Waals surface area contributed by atoms with Crippen LogP contribution in [0.4, 0.5) is 11.7 Å². The van der Waals surface area contributed by atoms with Crippen molar-refractivity contribution in [1.82, 2.24) is 10.2 Å². The molecule has 1 saturated heterocycles. The van der Waals surface area contributed by atoms with Crippen molar-refractivity contribution in [3.63, 3.8) is 0 Å². The van der Waals surface area contributed by atoms with Crippen LogP contribution in [-0.2, 0) is 9.59 Å². The number of anilines is 2. The Kier molecular flexibility index (Phi) is 5.73. The number of ether oxygens (including phenoxy) is 1. The van der Waals surface area contributed by atoms with Gasteiger partial charge in [-0.05, 0) is 37.1 Å². The predicted octanol–water partition coefficient (Wildman–Crippen LogP) is 2.97. The van der Waals surface area contributed by atoms with Crippen molar-refractivity contribution >= 4 is 23.5 Å². The highest BCUT2D eigenvalue weighted by atomic mass is 16.5. The van der Waals surface area contributed by atoms with Crippen LogP contribution in [-0.4, -0.2) is 35.2 Å². The highest BCUT2D eigenvalue weighted by Crippen LogP contribution is 2.32. The number of nitrogens with one attached hydrogen (secondary N) is 1. The van der Waals surface area contributed by atoms with E-state index >= 15 is 0 Å². The molecule has 0 radical (unpaired) electrons. The fourth-order valence-corrected chi connectivity index (χ4v) is 3.00. The minimum absolute atomic E-state index is 0.00671. The lowest BCUT2D eigenvalue weighted by Gasteiger charge is -2.16. The highest BCUT2D eigenvalue weighted by molar-refractivity contribution is 5.96. The predicted molar refractivity (Wildman–Crippen MR) is 99.7 cm³/mol. The van der Waals surface area contributed by atoms with Gasteiger partial charge < -0.3 is 14.1 Å². The lowest BCUT2D eigenvalue weighted by molar-refractivity contribution is -0.118. The Bertz CT molecular complexity index is 800. The molecule has 0 saturated carbocycles. The van der Waals surface area contributed by atoms with Gasteiger partial charge in [0.25, 0.3) is 0 Å². The summed E-state index contributed by atoms with van der Waals surface area (Å²) >= 11 is 0. The Morgan fingerprint density at radius 2 is 2.07 bits per heavy atom. The van der Waals surface area contributed by atoms with E-state index in [1.807, 2.05) is 45.0 Å². The molecule has 27 heavy (non-hydrogen) atoms. The topological polar surface area (TPSA) is 97.6 Å². The summed E-state index contributed by atoms with van der Waals surface area (Å²) < 4.78 is 11.0. The standard InChI is InChI=1S/C19H24N4O4/c1-4-26-15-7-5-14(6-8-15)23-11-13(10-17(23)25)18-21-22-19(27-18)20-16(24)9-12(2)3/h5-8,12-13H,4,9-11H2,1-3H3,(H,20,22,24)/t13-/m0/s1. The molecule has 1 atom stereocenters. The number of carbonyl (C=O) groups is 2. The van der Waals surface area contributed by atoms with Crippen LogP contribution < -0.4 is 15.0 Å². The molecule has 1 aliphatic heterocycles. The largest absolute Gasteiger partial charge is 0.494 e. The van der Waals surface area contributed by atoms with E-state index in [2.05, 4.69) is 15.5 Å². The summed E-state index contributed by atoms with van der Waals surface area (Å²) in [7, 11) is 0. The Morgan fingerprint density at radius 1 is 1.33 bits per heavy atom. The number of aromatic nitrogens is 2. The summed E-state index contributed by atoms with van der Waals surface area (Å²) in [5.41, 5.74) is 0.802. The van der Waals surface area contributed by atoms with E-state index < -0.39 is 0 Å². The summed E-state index contributed by atoms with van der Waals surface area (Å²) in [6, 6.07) is 7.47. The van der Waals surface area contributed by atoms with Crippen LogP contribution in [0.15, 0.2) is 28.7 Å². The van der Waals surface area contributed by atoms with Crippen LogP contribution in [0.5, 0.6) is 5.75 Å². The van der Waals surface area contributed by atoms with Gasteiger partial charge in [0.2, 0.25) is 17.7 Å². The number of benzene rings is 1. The van der Waals surface area contributed by atoms with Gasteiger partial charge in [0.1, 0.15) is 5.75 Å². The number of nitrogens with zero attached hydrogens (tertiary/aromatic N) is 3. The maximum atomic E-state index is 12.4. The smallest absolute Gasteiger partial charge is 0.322 e.